The van der Waals surface area contributed by atoms with Crippen LogP contribution in [0.2, 0.25) is 5.15 Å². The first-order valence-corrected chi connectivity index (χ1v) is 8.08. The highest BCUT2D eigenvalue weighted by atomic mass is 35.5. The fraction of sp³-hybridized carbons (Fsp3) is 0.750. The number of halogens is 1. The van der Waals surface area contributed by atoms with Crippen LogP contribution in [0.3, 0.4) is 0 Å². The highest BCUT2D eigenvalue weighted by molar-refractivity contribution is 6.29. The van der Waals surface area contributed by atoms with Crippen molar-refractivity contribution in [3.8, 4) is 0 Å². The SMILES string of the molecule is CC(C)(C)c1nc(Cl)cc(NCC2CC3CCC2C3)n1. The molecule has 0 spiro atoms. The van der Waals surface area contributed by atoms with Gasteiger partial charge in [-0.3, -0.25) is 0 Å². The van der Waals surface area contributed by atoms with Crippen LogP contribution in [0.15, 0.2) is 6.07 Å². The summed E-state index contributed by atoms with van der Waals surface area (Å²) in [5.41, 5.74) is -0.0756. The highest BCUT2D eigenvalue weighted by Gasteiger charge is 2.39. The van der Waals surface area contributed by atoms with E-state index in [0.717, 1.165) is 35.9 Å². The Morgan fingerprint density at radius 1 is 1.25 bits per heavy atom. The monoisotopic (exact) mass is 293 g/mol. The summed E-state index contributed by atoms with van der Waals surface area (Å²) in [6.07, 6.45) is 5.72. The van der Waals surface area contributed by atoms with Gasteiger partial charge in [0.1, 0.15) is 16.8 Å². The summed E-state index contributed by atoms with van der Waals surface area (Å²) >= 11 is 6.12. The molecule has 0 radical (unpaired) electrons. The van der Waals surface area contributed by atoms with Crippen LogP contribution in [0.4, 0.5) is 5.82 Å². The smallest absolute Gasteiger partial charge is 0.137 e. The largest absolute Gasteiger partial charge is 0.370 e. The van der Waals surface area contributed by atoms with Gasteiger partial charge in [0.05, 0.1) is 0 Å². The fourth-order valence-corrected chi connectivity index (χ4v) is 3.89. The molecule has 0 saturated heterocycles. The van der Waals surface area contributed by atoms with Gasteiger partial charge < -0.3 is 5.32 Å². The Morgan fingerprint density at radius 2 is 2.05 bits per heavy atom. The third kappa shape index (κ3) is 2.93. The molecule has 110 valence electrons. The third-order valence-corrected chi connectivity index (χ3v) is 4.99. The van der Waals surface area contributed by atoms with E-state index in [-0.39, 0.29) is 5.41 Å². The second-order valence-corrected chi connectivity index (χ2v) is 7.85. The zero-order valence-corrected chi connectivity index (χ0v) is 13.4. The van der Waals surface area contributed by atoms with Crippen LogP contribution >= 0.6 is 11.6 Å². The molecule has 0 aliphatic heterocycles. The van der Waals surface area contributed by atoms with Crippen molar-refractivity contribution >= 4 is 17.4 Å². The van der Waals surface area contributed by atoms with Gasteiger partial charge in [-0.2, -0.15) is 0 Å². The molecule has 2 fully saturated rings. The van der Waals surface area contributed by atoms with Crippen molar-refractivity contribution in [2.45, 2.75) is 51.9 Å². The molecular weight excluding hydrogens is 270 g/mol. The van der Waals surface area contributed by atoms with Crippen molar-refractivity contribution in [3.05, 3.63) is 17.0 Å². The van der Waals surface area contributed by atoms with Crippen LogP contribution in [-0.4, -0.2) is 16.5 Å². The molecule has 4 heteroatoms. The second-order valence-electron chi connectivity index (χ2n) is 7.47. The quantitative estimate of drug-likeness (QED) is 0.846. The minimum absolute atomic E-state index is 0.0756. The zero-order valence-electron chi connectivity index (χ0n) is 12.6. The van der Waals surface area contributed by atoms with Crippen molar-refractivity contribution < 1.29 is 0 Å². The average Bonchev–Trinajstić information content (AvgIpc) is 2.96. The topological polar surface area (TPSA) is 37.8 Å². The normalized spacial score (nSPS) is 28.9. The lowest BCUT2D eigenvalue weighted by Crippen LogP contribution is -2.22. The van der Waals surface area contributed by atoms with E-state index >= 15 is 0 Å². The first-order valence-electron chi connectivity index (χ1n) is 7.71. The lowest BCUT2D eigenvalue weighted by atomic mass is 9.89. The number of rotatable bonds is 3. The fourth-order valence-electron chi connectivity index (χ4n) is 3.71. The predicted molar refractivity (Wildman–Crippen MR) is 83.2 cm³/mol. The minimum Gasteiger partial charge on any atom is -0.370 e. The minimum atomic E-state index is -0.0756. The molecule has 1 N–H and O–H groups in total. The number of fused-ring (bicyclic) bond motifs is 2. The number of hydrogen-bond donors (Lipinski definition) is 1. The van der Waals surface area contributed by atoms with E-state index in [0.29, 0.717) is 5.15 Å². The maximum Gasteiger partial charge on any atom is 0.137 e. The maximum absolute atomic E-state index is 6.12. The lowest BCUT2D eigenvalue weighted by Gasteiger charge is -2.23. The van der Waals surface area contributed by atoms with E-state index in [1.54, 1.807) is 0 Å². The molecular formula is C16H24ClN3. The first-order chi connectivity index (χ1) is 9.41. The van der Waals surface area contributed by atoms with E-state index in [4.69, 9.17) is 11.6 Å². The molecule has 2 aliphatic carbocycles. The van der Waals surface area contributed by atoms with E-state index in [1.807, 2.05) is 6.07 Å². The van der Waals surface area contributed by atoms with E-state index in [1.165, 1.54) is 25.7 Å². The maximum atomic E-state index is 6.12. The Bertz CT molecular complexity index is 495. The Kier molecular flexibility index (Phi) is 3.65. The van der Waals surface area contributed by atoms with Crippen molar-refractivity contribution in [1.82, 2.24) is 9.97 Å². The second kappa shape index (κ2) is 5.18. The van der Waals surface area contributed by atoms with Gasteiger partial charge in [0.15, 0.2) is 0 Å². The summed E-state index contributed by atoms with van der Waals surface area (Å²) in [7, 11) is 0. The van der Waals surface area contributed by atoms with Gasteiger partial charge in [0.25, 0.3) is 0 Å². The molecule has 0 aromatic carbocycles. The van der Waals surface area contributed by atoms with Gasteiger partial charge in [-0.25, -0.2) is 9.97 Å². The molecule has 2 bridgehead atoms. The van der Waals surface area contributed by atoms with Gasteiger partial charge in [0, 0.05) is 18.0 Å². The summed E-state index contributed by atoms with van der Waals surface area (Å²) in [6.45, 7) is 7.35. The molecule has 3 rings (SSSR count). The average molecular weight is 294 g/mol. The number of nitrogens with zero attached hydrogens (tertiary/aromatic N) is 2. The van der Waals surface area contributed by atoms with E-state index in [9.17, 15) is 0 Å². The Labute approximate surface area is 126 Å². The summed E-state index contributed by atoms with van der Waals surface area (Å²) in [5, 5.41) is 4.02. The molecule has 1 aromatic rings. The standard InChI is InChI=1S/C16H24ClN3/c1-16(2,3)15-19-13(17)8-14(20-15)18-9-12-7-10-4-5-11(12)6-10/h8,10-12H,4-7,9H2,1-3H3,(H,18,19,20). The number of hydrogen-bond acceptors (Lipinski definition) is 3. The van der Waals surface area contributed by atoms with Crippen molar-refractivity contribution in [2.75, 3.05) is 11.9 Å². The summed E-state index contributed by atoms with van der Waals surface area (Å²) in [5.74, 6) is 4.43. The lowest BCUT2D eigenvalue weighted by molar-refractivity contribution is 0.348. The van der Waals surface area contributed by atoms with Crippen LogP contribution in [0, 0.1) is 17.8 Å². The molecule has 3 unspecified atom stereocenters. The zero-order chi connectivity index (χ0) is 14.3. The Morgan fingerprint density at radius 3 is 2.65 bits per heavy atom. The predicted octanol–water partition coefficient (Wildman–Crippen LogP) is 4.28. The van der Waals surface area contributed by atoms with Crippen LogP contribution in [0.25, 0.3) is 0 Å². The molecule has 2 aliphatic rings. The van der Waals surface area contributed by atoms with E-state index < -0.39 is 0 Å². The summed E-state index contributed by atoms with van der Waals surface area (Å²) in [4.78, 5) is 8.96. The molecule has 3 atom stereocenters. The molecule has 3 nitrogen and oxygen atoms in total. The van der Waals surface area contributed by atoms with E-state index in [2.05, 4.69) is 36.1 Å². The third-order valence-electron chi connectivity index (χ3n) is 4.80. The van der Waals surface area contributed by atoms with Crippen molar-refractivity contribution in [3.63, 3.8) is 0 Å². The molecule has 0 amide bonds. The Hall–Kier alpha value is -0.830. The molecule has 20 heavy (non-hydrogen) atoms. The molecule has 1 aromatic heterocycles. The molecule has 1 heterocycles. The highest BCUT2D eigenvalue weighted by Crippen LogP contribution is 2.48. The first kappa shape index (κ1) is 14.1. The summed E-state index contributed by atoms with van der Waals surface area (Å²) < 4.78 is 0. The van der Waals surface area contributed by atoms with Gasteiger partial charge in [-0.1, -0.05) is 38.8 Å². The van der Waals surface area contributed by atoms with Crippen molar-refractivity contribution in [1.29, 1.82) is 0 Å². The van der Waals surface area contributed by atoms with Crippen molar-refractivity contribution in [2.24, 2.45) is 17.8 Å². The number of aromatic nitrogens is 2. The van der Waals surface area contributed by atoms with Gasteiger partial charge in [0.2, 0.25) is 0 Å². The number of nitrogens with one attached hydrogen (secondary N) is 1. The Balaban J connectivity index is 1.67. The number of anilines is 1. The summed E-state index contributed by atoms with van der Waals surface area (Å²) in [6, 6.07) is 1.84. The van der Waals surface area contributed by atoms with Crippen LogP contribution in [-0.2, 0) is 5.41 Å². The van der Waals surface area contributed by atoms with Gasteiger partial charge >= 0.3 is 0 Å². The van der Waals surface area contributed by atoms with Gasteiger partial charge in [-0.15, -0.1) is 0 Å². The molecule has 2 saturated carbocycles. The van der Waals surface area contributed by atoms with Crippen LogP contribution in [0.1, 0.15) is 52.3 Å². The van der Waals surface area contributed by atoms with Crippen LogP contribution in [0.5, 0.6) is 0 Å². The van der Waals surface area contributed by atoms with Gasteiger partial charge in [-0.05, 0) is 37.0 Å². The van der Waals surface area contributed by atoms with Crippen LogP contribution < -0.4 is 5.32 Å².